The van der Waals surface area contributed by atoms with Crippen LogP contribution in [-0.2, 0) is 66.4 Å². The van der Waals surface area contributed by atoms with Gasteiger partial charge in [-0.1, -0.05) is 365 Å². The number of halogens is 2. The number of benzene rings is 10. The van der Waals surface area contributed by atoms with E-state index in [9.17, 15) is 4.79 Å². The number of aliphatic hydroxyl groups is 2. The van der Waals surface area contributed by atoms with E-state index in [1.165, 1.54) is 224 Å². The first kappa shape index (κ1) is 107. The summed E-state index contributed by atoms with van der Waals surface area (Å²) in [6.07, 6.45) is 38.9. The molecule has 630 valence electrons. The SMILES string of the molecule is C.C1CCOC1.C=CC.C=CCCc1ccc(-c2ccc(CCCCC)cc2)cc1.CCCCCc1ccc(-c2ccc(C(=O)O)cc2)cc1.CCCCCc1ccc(-c2ccc(CBr)cc2)cc1.CCCCCc1ccc(-c2ccc(CCCCO)cc2)cc1.CCCCCc1ccc(-c2ccc(CO)cc2)cc1.[B]C1CCCO1.[Br-].[H-].[Mg+2]. The average molecular weight is 1730 g/mol. The van der Waals surface area contributed by atoms with Crippen molar-refractivity contribution in [2.24, 2.45) is 0 Å². The molecule has 0 aromatic heterocycles. The Morgan fingerprint density at radius 1 is 0.390 bits per heavy atom. The zero-order valence-corrected chi connectivity index (χ0v) is 76.7. The number of ether oxygens (including phenoxy) is 2. The Morgan fingerprint density at radius 2 is 0.627 bits per heavy atom. The number of hydrogen-bond acceptors (Lipinski definition) is 5. The van der Waals surface area contributed by atoms with Crippen molar-refractivity contribution in [3.8, 4) is 55.6 Å². The Morgan fingerprint density at radius 3 is 0.805 bits per heavy atom. The molecule has 2 heterocycles. The van der Waals surface area contributed by atoms with Gasteiger partial charge in [0.2, 0.25) is 0 Å². The minimum atomic E-state index is -0.886. The number of aromatic carboxylic acids is 1. The van der Waals surface area contributed by atoms with Gasteiger partial charge < -0.3 is 43.2 Å². The average Bonchev–Trinajstić information content (AvgIpc) is 1.29. The van der Waals surface area contributed by atoms with Gasteiger partial charge in [-0.05, 0) is 247 Å². The van der Waals surface area contributed by atoms with E-state index in [0.29, 0.717) is 12.2 Å². The summed E-state index contributed by atoms with van der Waals surface area (Å²) >= 11 is 3.48. The van der Waals surface area contributed by atoms with Gasteiger partial charge in [0.1, 0.15) is 7.85 Å². The molecule has 0 spiro atoms. The van der Waals surface area contributed by atoms with E-state index in [2.05, 4.69) is 270 Å². The topological polar surface area (TPSA) is 96.2 Å². The number of rotatable bonds is 35. The van der Waals surface area contributed by atoms with Gasteiger partial charge in [0.15, 0.2) is 0 Å². The van der Waals surface area contributed by atoms with Crippen molar-refractivity contribution in [2.45, 2.75) is 253 Å². The number of carboxylic acid groups (broad SMARTS) is 1. The number of hydrogen-bond donors (Lipinski definition) is 3. The van der Waals surface area contributed by atoms with Gasteiger partial charge in [-0.2, -0.15) is 0 Å². The third kappa shape index (κ3) is 45.4. The number of aliphatic hydroxyl groups excluding tert-OH is 2. The molecule has 2 saturated heterocycles. The van der Waals surface area contributed by atoms with Crippen LogP contribution in [0.2, 0.25) is 0 Å². The summed E-state index contributed by atoms with van der Waals surface area (Å²) in [4.78, 5) is 10.8. The van der Waals surface area contributed by atoms with Crippen LogP contribution in [0.4, 0.5) is 0 Å². The standard InChI is InChI=1S/C21H28O.C21H26.C18H21Br.C18H20O2.C18H22O.C4H7BO.C4H8O.C3H6.CH4.BrH.Mg.H/c1-2-3-4-7-18-9-13-20(14-10-18)21-15-11-19(12-16-21)8-5-6-17-22;1-3-5-7-9-19-12-16-21(17-13-19)20-14-10-18(11-15-20)8-6-4-2;1-2-3-4-5-15-6-10-17(11-7-15)18-12-8-16(14-19)9-13-18;1-2-3-4-5-14-6-8-15(9-7-14)16-10-12-17(13-11-16)18(19)20;1-2-3-4-5-15-6-10-17(11-7-15)18-12-8-16(14-19)9-13-18;5-4-2-1-3-6-4;1-2-4-5-3-1;1-3-2;;;;/h9-16,22H,2-8,17H2,1H3;4,10-17H,2-3,5-9H2,1H3;6-13H,2-5,14H2,1H3;6-13H,2-5H2,1H3,(H,19,20);6-13,19H,2-5,14H2,1H3;4H,1-3H2;1-4H2;3H,1H2,2H3;1H4;1H;;/q;;;;;;;;;;+2;-1/p-1. The van der Waals surface area contributed by atoms with Gasteiger partial charge in [0.25, 0.3) is 0 Å². The molecular formula is C108H143BBr2MgO6. The molecule has 2 radical (unpaired) electrons. The van der Waals surface area contributed by atoms with E-state index in [1.54, 1.807) is 18.2 Å². The van der Waals surface area contributed by atoms with Crippen molar-refractivity contribution >= 4 is 52.8 Å². The van der Waals surface area contributed by atoms with Crippen LogP contribution in [0.5, 0.6) is 0 Å². The predicted molar refractivity (Wildman–Crippen MR) is 514 cm³/mol. The molecule has 3 N–H and O–H groups in total. The molecule has 0 aliphatic carbocycles. The normalized spacial score (nSPS) is 12.0. The Bertz CT molecular complexity index is 3920. The van der Waals surface area contributed by atoms with Gasteiger partial charge in [-0.25, -0.2) is 4.79 Å². The molecule has 0 saturated carbocycles. The van der Waals surface area contributed by atoms with E-state index in [-0.39, 0.29) is 61.5 Å². The van der Waals surface area contributed by atoms with Crippen molar-refractivity contribution in [2.75, 3.05) is 26.4 Å². The molecule has 6 nitrogen and oxygen atoms in total. The van der Waals surface area contributed by atoms with Gasteiger partial charge in [-0.3, -0.25) is 0 Å². The van der Waals surface area contributed by atoms with E-state index < -0.39 is 5.97 Å². The number of aryl methyl sites for hydroxylation is 7. The number of carbonyl (C=O) groups is 1. The molecule has 2 fully saturated rings. The molecule has 10 aromatic rings. The van der Waals surface area contributed by atoms with E-state index >= 15 is 0 Å². The number of unbranched alkanes of at least 4 members (excludes halogenated alkanes) is 11. The summed E-state index contributed by atoms with van der Waals surface area (Å²) < 4.78 is 9.88. The molecule has 10 heteroatoms. The van der Waals surface area contributed by atoms with Crippen LogP contribution in [0.1, 0.15) is 252 Å². The Hall–Kier alpha value is -7.22. The summed E-state index contributed by atoms with van der Waals surface area (Å²) in [5, 5.41) is 27.7. The smallest absolute Gasteiger partial charge is 1.00 e. The maximum absolute atomic E-state index is 10.8. The van der Waals surface area contributed by atoms with Gasteiger partial charge in [0, 0.05) is 37.8 Å². The van der Waals surface area contributed by atoms with Crippen molar-refractivity contribution in [1.29, 1.82) is 0 Å². The van der Waals surface area contributed by atoms with Crippen LogP contribution in [0.25, 0.3) is 55.6 Å². The molecule has 2 aliphatic heterocycles. The van der Waals surface area contributed by atoms with Crippen molar-refractivity contribution in [1.82, 2.24) is 0 Å². The molecular weight excluding hydrogens is 1590 g/mol. The maximum Gasteiger partial charge on any atom is 2.00 e. The third-order valence-corrected chi connectivity index (χ3v) is 21.0. The first-order valence-electron chi connectivity index (χ1n) is 43.4. The molecule has 0 bridgehead atoms. The minimum absolute atomic E-state index is 0. The second-order valence-corrected chi connectivity index (χ2v) is 30.6. The van der Waals surface area contributed by atoms with Crippen LogP contribution >= 0.6 is 15.9 Å². The van der Waals surface area contributed by atoms with E-state index in [4.69, 9.17) is 32.6 Å². The molecule has 118 heavy (non-hydrogen) atoms. The number of alkyl halides is 1. The molecule has 1 unspecified atom stereocenters. The second-order valence-electron chi connectivity index (χ2n) is 30.0. The van der Waals surface area contributed by atoms with Crippen LogP contribution < -0.4 is 17.0 Å². The quantitative estimate of drug-likeness (QED) is 0.0159. The molecule has 10 aromatic carbocycles. The third-order valence-electron chi connectivity index (χ3n) is 20.4. The zero-order chi connectivity index (χ0) is 82.6. The van der Waals surface area contributed by atoms with E-state index in [1.807, 2.05) is 37.3 Å². The van der Waals surface area contributed by atoms with Crippen molar-refractivity contribution in [3.05, 3.63) is 324 Å². The zero-order valence-electron chi connectivity index (χ0n) is 73.1. The summed E-state index contributed by atoms with van der Waals surface area (Å²) in [6.45, 7) is 23.5. The monoisotopic (exact) mass is 1730 g/mol. The first-order valence-corrected chi connectivity index (χ1v) is 44.5. The maximum atomic E-state index is 10.8. The fourth-order valence-electron chi connectivity index (χ4n) is 13.2. The summed E-state index contributed by atoms with van der Waals surface area (Å²) in [5.74, 6) is -0.886. The van der Waals surface area contributed by atoms with Gasteiger partial charge in [-0.15, -0.1) is 13.2 Å². The Balaban J connectivity index is 0.000000707. The molecule has 1 atom stereocenters. The summed E-state index contributed by atoms with van der Waals surface area (Å²) in [5.41, 5.74) is 24.9. The second kappa shape index (κ2) is 68.4. The minimum Gasteiger partial charge on any atom is -1.00 e. The molecule has 2 aliphatic rings. The largest absolute Gasteiger partial charge is 2.00 e. The predicted octanol–water partition coefficient (Wildman–Crippen LogP) is 26.6. The Kier molecular flexibility index (Phi) is 62.0. The Labute approximate surface area is 753 Å². The van der Waals surface area contributed by atoms with Crippen LogP contribution in [0.3, 0.4) is 0 Å². The van der Waals surface area contributed by atoms with E-state index in [0.717, 1.165) is 93.2 Å². The summed E-state index contributed by atoms with van der Waals surface area (Å²) in [7, 11) is 5.31. The van der Waals surface area contributed by atoms with Crippen LogP contribution in [0, 0.1) is 0 Å². The fraction of sp³-hybridized carbons (Fsp3) is 0.398. The fourth-order valence-corrected chi connectivity index (χ4v) is 13.5. The number of allylic oxidation sites excluding steroid dienone is 2. The van der Waals surface area contributed by atoms with Crippen molar-refractivity contribution in [3.63, 3.8) is 0 Å². The first-order chi connectivity index (χ1) is 56.3. The summed E-state index contributed by atoms with van der Waals surface area (Å²) in [6, 6.07) is 86.1. The molecule has 0 amide bonds. The van der Waals surface area contributed by atoms with Gasteiger partial charge in [0.05, 0.1) is 12.2 Å². The van der Waals surface area contributed by atoms with Crippen LogP contribution in [-0.4, -0.2) is 84.6 Å². The van der Waals surface area contributed by atoms with Crippen molar-refractivity contribution < 1.29 is 48.0 Å². The molecule has 12 rings (SSSR count). The van der Waals surface area contributed by atoms with Gasteiger partial charge >= 0.3 is 29.0 Å². The van der Waals surface area contributed by atoms with Crippen LogP contribution in [0.15, 0.2) is 268 Å². The number of carboxylic acids is 1.